The van der Waals surface area contributed by atoms with E-state index in [-0.39, 0.29) is 12.1 Å². The molecule has 0 aromatic heterocycles. The fourth-order valence-electron chi connectivity index (χ4n) is 2.93. The summed E-state index contributed by atoms with van der Waals surface area (Å²) in [6, 6.07) is 0.328. The number of urea groups is 1. The predicted octanol–water partition coefficient (Wildman–Crippen LogP) is 2.43. The third-order valence-electron chi connectivity index (χ3n) is 4.19. The average Bonchev–Trinajstić information content (AvgIpc) is 2.40. The van der Waals surface area contributed by atoms with Crippen LogP contribution in [-0.2, 0) is 4.74 Å². The summed E-state index contributed by atoms with van der Waals surface area (Å²) in [4.78, 5) is 11.8. The van der Waals surface area contributed by atoms with Crippen molar-refractivity contribution in [3.8, 4) is 0 Å². The molecule has 2 rings (SSSR count). The van der Waals surface area contributed by atoms with E-state index in [0.717, 1.165) is 25.9 Å². The predicted molar refractivity (Wildman–Crippen MR) is 71.5 cm³/mol. The van der Waals surface area contributed by atoms with E-state index in [1.807, 2.05) is 0 Å². The molecule has 3 atom stereocenters. The van der Waals surface area contributed by atoms with Crippen LogP contribution in [0.25, 0.3) is 0 Å². The quantitative estimate of drug-likeness (QED) is 0.812. The Morgan fingerprint density at radius 3 is 2.67 bits per heavy atom. The van der Waals surface area contributed by atoms with Crippen LogP contribution in [0.3, 0.4) is 0 Å². The first kappa shape index (κ1) is 13.7. The van der Waals surface area contributed by atoms with Crippen molar-refractivity contribution in [3.63, 3.8) is 0 Å². The minimum atomic E-state index is -0.0251. The van der Waals surface area contributed by atoms with Gasteiger partial charge < -0.3 is 15.4 Å². The minimum absolute atomic E-state index is 0.0251. The number of amides is 2. The Morgan fingerprint density at radius 1 is 1.17 bits per heavy atom. The molecule has 18 heavy (non-hydrogen) atoms. The summed E-state index contributed by atoms with van der Waals surface area (Å²) in [5, 5.41) is 6.05. The summed E-state index contributed by atoms with van der Waals surface area (Å²) in [7, 11) is 0. The molecular weight excluding hydrogens is 228 g/mol. The van der Waals surface area contributed by atoms with Gasteiger partial charge in [-0.3, -0.25) is 0 Å². The summed E-state index contributed by atoms with van der Waals surface area (Å²) < 4.78 is 5.60. The van der Waals surface area contributed by atoms with Crippen molar-refractivity contribution >= 4 is 6.03 Å². The highest BCUT2D eigenvalue weighted by Gasteiger charge is 2.23. The van der Waals surface area contributed by atoms with Crippen molar-refractivity contribution in [2.24, 2.45) is 5.92 Å². The molecule has 2 aliphatic rings. The van der Waals surface area contributed by atoms with E-state index in [0.29, 0.717) is 18.5 Å². The van der Waals surface area contributed by atoms with Gasteiger partial charge in [-0.2, -0.15) is 0 Å². The topological polar surface area (TPSA) is 50.4 Å². The molecule has 0 aromatic rings. The second kappa shape index (κ2) is 6.98. The van der Waals surface area contributed by atoms with Gasteiger partial charge in [0, 0.05) is 19.2 Å². The normalized spacial score (nSPS) is 32.8. The van der Waals surface area contributed by atoms with Crippen LogP contribution in [0.5, 0.6) is 0 Å². The molecule has 2 N–H and O–H groups in total. The minimum Gasteiger partial charge on any atom is -0.376 e. The van der Waals surface area contributed by atoms with E-state index in [1.54, 1.807) is 0 Å². The van der Waals surface area contributed by atoms with Crippen LogP contribution in [0.15, 0.2) is 0 Å². The third kappa shape index (κ3) is 4.16. The highest BCUT2D eigenvalue weighted by atomic mass is 16.5. The molecule has 104 valence electrons. The molecule has 0 aromatic carbocycles. The van der Waals surface area contributed by atoms with Crippen LogP contribution in [0.4, 0.5) is 4.79 Å². The summed E-state index contributed by atoms with van der Waals surface area (Å²) in [5.41, 5.74) is 0. The van der Waals surface area contributed by atoms with Gasteiger partial charge in [0.05, 0.1) is 6.10 Å². The number of rotatable bonds is 3. The lowest BCUT2D eigenvalue weighted by atomic mass is 9.86. The van der Waals surface area contributed by atoms with E-state index >= 15 is 0 Å². The molecule has 1 saturated heterocycles. The zero-order valence-corrected chi connectivity index (χ0v) is 11.4. The highest BCUT2D eigenvalue weighted by molar-refractivity contribution is 5.74. The number of carbonyl (C=O) groups excluding carboxylic acids is 1. The van der Waals surface area contributed by atoms with Crippen LogP contribution >= 0.6 is 0 Å². The summed E-state index contributed by atoms with van der Waals surface area (Å²) in [5.74, 6) is 0.607. The smallest absolute Gasteiger partial charge is 0.315 e. The van der Waals surface area contributed by atoms with Crippen molar-refractivity contribution in [1.82, 2.24) is 10.6 Å². The zero-order valence-electron chi connectivity index (χ0n) is 11.4. The van der Waals surface area contributed by atoms with E-state index in [9.17, 15) is 4.79 Å². The maximum Gasteiger partial charge on any atom is 0.315 e. The second-order valence-electron chi connectivity index (χ2n) is 5.71. The summed E-state index contributed by atoms with van der Waals surface area (Å²) >= 11 is 0. The Kier molecular flexibility index (Phi) is 5.29. The Labute approximate surface area is 110 Å². The first-order chi connectivity index (χ1) is 8.75. The molecule has 1 aliphatic carbocycles. The molecule has 4 heteroatoms. The third-order valence-corrected chi connectivity index (χ3v) is 4.19. The summed E-state index contributed by atoms with van der Waals surface area (Å²) in [6.45, 7) is 3.72. The van der Waals surface area contributed by atoms with Crippen LogP contribution in [0, 0.1) is 5.92 Å². The molecule has 0 radical (unpaired) electrons. The lowest BCUT2D eigenvalue weighted by Gasteiger charge is -2.30. The van der Waals surface area contributed by atoms with Gasteiger partial charge in [-0.15, -0.1) is 0 Å². The number of hydrogen-bond acceptors (Lipinski definition) is 2. The van der Waals surface area contributed by atoms with E-state index in [2.05, 4.69) is 17.6 Å². The van der Waals surface area contributed by atoms with Crippen LogP contribution in [0.1, 0.15) is 51.9 Å². The molecule has 0 bridgehead atoms. The average molecular weight is 254 g/mol. The molecule has 2 fully saturated rings. The van der Waals surface area contributed by atoms with Crippen molar-refractivity contribution in [1.29, 1.82) is 0 Å². The van der Waals surface area contributed by atoms with Crippen LogP contribution in [0.2, 0.25) is 0 Å². The molecule has 4 nitrogen and oxygen atoms in total. The molecule has 2 amide bonds. The first-order valence-corrected chi connectivity index (χ1v) is 7.41. The van der Waals surface area contributed by atoms with E-state index < -0.39 is 0 Å². The largest absolute Gasteiger partial charge is 0.376 e. The fraction of sp³-hybridized carbons (Fsp3) is 0.929. The van der Waals surface area contributed by atoms with Gasteiger partial charge in [-0.25, -0.2) is 4.79 Å². The second-order valence-corrected chi connectivity index (χ2v) is 5.71. The molecule has 0 spiro atoms. The van der Waals surface area contributed by atoms with Gasteiger partial charge in [0.2, 0.25) is 0 Å². The number of nitrogens with one attached hydrogen (secondary N) is 2. The number of ether oxygens (including phenoxy) is 1. The number of carbonyl (C=O) groups is 1. The lowest BCUT2D eigenvalue weighted by molar-refractivity contribution is 0.0183. The molecule has 1 saturated carbocycles. The SMILES string of the molecule is CC1CCCCC1NC(=O)NCC1CCCCO1. The first-order valence-electron chi connectivity index (χ1n) is 7.41. The molecular formula is C14H26N2O2. The molecule has 1 heterocycles. The van der Waals surface area contributed by atoms with Gasteiger partial charge in [0.25, 0.3) is 0 Å². The van der Waals surface area contributed by atoms with Gasteiger partial charge in [0.15, 0.2) is 0 Å². The molecule has 1 aliphatic heterocycles. The van der Waals surface area contributed by atoms with Crippen molar-refractivity contribution < 1.29 is 9.53 Å². The zero-order chi connectivity index (χ0) is 12.8. The van der Waals surface area contributed by atoms with Gasteiger partial charge in [-0.05, 0) is 38.0 Å². The Bertz CT molecular complexity index is 265. The van der Waals surface area contributed by atoms with Gasteiger partial charge in [-0.1, -0.05) is 19.8 Å². The van der Waals surface area contributed by atoms with Crippen LogP contribution < -0.4 is 10.6 Å². The Balaban J connectivity index is 1.64. The maximum atomic E-state index is 11.8. The van der Waals surface area contributed by atoms with Crippen molar-refractivity contribution in [2.45, 2.75) is 64.0 Å². The van der Waals surface area contributed by atoms with Gasteiger partial charge >= 0.3 is 6.03 Å². The van der Waals surface area contributed by atoms with Gasteiger partial charge in [0.1, 0.15) is 0 Å². The monoisotopic (exact) mass is 254 g/mol. The van der Waals surface area contributed by atoms with E-state index in [1.165, 1.54) is 25.7 Å². The van der Waals surface area contributed by atoms with E-state index in [4.69, 9.17) is 4.74 Å². The molecule has 3 unspecified atom stereocenters. The highest BCUT2D eigenvalue weighted by Crippen LogP contribution is 2.23. The van der Waals surface area contributed by atoms with Crippen LogP contribution in [-0.4, -0.2) is 31.3 Å². The van der Waals surface area contributed by atoms with Crippen molar-refractivity contribution in [2.75, 3.05) is 13.2 Å². The summed E-state index contributed by atoms with van der Waals surface area (Å²) in [6.07, 6.45) is 8.55. The fourth-order valence-corrected chi connectivity index (χ4v) is 2.93. The van der Waals surface area contributed by atoms with Crippen molar-refractivity contribution in [3.05, 3.63) is 0 Å². The maximum absolute atomic E-state index is 11.8. The number of hydrogen-bond donors (Lipinski definition) is 2. The Hall–Kier alpha value is -0.770. The Morgan fingerprint density at radius 2 is 1.94 bits per heavy atom. The lowest BCUT2D eigenvalue weighted by Crippen LogP contribution is -2.48. The standard InChI is InChI=1S/C14H26N2O2/c1-11-6-2-3-8-13(11)16-14(17)15-10-12-7-4-5-9-18-12/h11-13H,2-10H2,1H3,(H2,15,16,17).